The van der Waals surface area contributed by atoms with E-state index in [1.54, 1.807) is 0 Å². The lowest BCUT2D eigenvalue weighted by Gasteiger charge is -2.42. The van der Waals surface area contributed by atoms with E-state index in [2.05, 4.69) is 16.3 Å². The van der Waals surface area contributed by atoms with Crippen LogP contribution in [0.3, 0.4) is 0 Å². The van der Waals surface area contributed by atoms with Crippen molar-refractivity contribution in [1.29, 1.82) is 0 Å². The molecule has 4 rings (SSSR count). The van der Waals surface area contributed by atoms with Gasteiger partial charge in [0.25, 0.3) is 0 Å². The van der Waals surface area contributed by atoms with Crippen molar-refractivity contribution in [3.05, 3.63) is 65.5 Å². The Morgan fingerprint density at radius 2 is 1.81 bits per heavy atom. The second kappa shape index (κ2) is 7.31. The minimum atomic E-state index is -0.241. The molecule has 2 aromatic rings. The smallest absolute Gasteiger partial charge is 0.225 e. The predicted octanol–water partition coefficient (Wildman–Crippen LogP) is 3.64. The van der Waals surface area contributed by atoms with Crippen molar-refractivity contribution in [3.63, 3.8) is 0 Å². The number of para-hydroxylation sites is 1. The quantitative estimate of drug-likeness (QED) is 0.871. The number of hydrogen-bond acceptors (Lipinski definition) is 3. The molecule has 5 heteroatoms. The van der Waals surface area contributed by atoms with Gasteiger partial charge in [0.15, 0.2) is 0 Å². The van der Waals surface area contributed by atoms with Gasteiger partial charge in [-0.25, -0.2) is 4.39 Å². The highest BCUT2D eigenvalue weighted by atomic mass is 19.1. The minimum absolute atomic E-state index is 0.0135. The number of amides is 1. The molecule has 2 aliphatic heterocycles. The molecule has 4 nitrogen and oxygen atoms in total. The first kappa shape index (κ1) is 18.0. The van der Waals surface area contributed by atoms with Crippen molar-refractivity contribution in [2.24, 2.45) is 5.73 Å². The third-order valence-corrected chi connectivity index (χ3v) is 6.12. The Kier molecular flexibility index (Phi) is 4.87. The summed E-state index contributed by atoms with van der Waals surface area (Å²) in [5.74, 6) is -0.651. The largest absolute Gasteiger partial charge is 0.379 e. The molecule has 1 amide bonds. The molecule has 0 radical (unpaired) electrons. The van der Waals surface area contributed by atoms with Gasteiger partial charge in [0.1, 0.15) is 5.82 Å². The number of benzene rings is 2. The van der Waals surface area contributed by atoms with Crippen LogP contribution in [0.1, 0.15) is 42.7 Å². The Balaban J connectivity index is 1.46. The Labute approximate surface area is 159 Å². The molecule has 142 valence electrons. The fourth-order valence-corrected chi connectivity index (χ4v) is 4.50. The van der Waals surface area contributed by atoms with Crippen molar-refractivity contribution in [2.45, 2.75) is 43.7 Å². The van der Waals surface area contributed by atoms with Gasteiger partial charge in [-0.15, -0.1) is 0 Å². The van der Waals surface area contributed by atoms with Crippen LogP contribution in [-0.2, 0) is 11.3 Å². The summed E-state index contributed by atoms with van der Waals surface area (Å²) in [6, 6.07) is 14.8. The van der Waals surface area contributed by atoms with Crippen molar-refractivity contribution >= 4 is 11.6 Å². The highest BCUT2D eigenvalue weighted by molar-refractivity contribution is 5.84. The maximum absolute atomic E-state index is 13.1. The zero-order valence-electron chi connectivity index (χ0n) is 15.5. The molecule has 0 unspecified atom stereocenters. The minimum Gasteiger partial charge on any atom is -0.379 e. The van der Waals surface area contributed by atoms with Gasteiger partial charge in [-0.05, 0) is 55.0 Å². The average Bonchev–Trinajstić information content (AvgIpc) is 2.82. The standard InChI is InChI=1S/C22H26FN3O/c23-17-7-5-16(6-8-17)15-26-13-11-22(12-14-26)10-9-19(21(24)27)18-3-1-2-4-20(18)25-22/h1-8,19,25H,9-15H2,(H2,24,27)/t19-/m0/s1. The van der Waals surface area contributed by atoms with E-state index in [0.717, 1.165) is 62.1 Å². The number of anilines is 1. The summed E-state index contributed by atoms with van der Waals surface area (Å²) in [6.07, 6.45) is 3.78. The summed E-state index contributed by atoms with van der Waals surface area (Å²) in [5.41, 5.74) is 8.91. The lowest BCUT2D eigenvalue weighted by molar-refractivity contribution is -0.119. The van der Waals surface area contributed by atoms with E-state index in [-0.39, 0.29) is 23.2 Å². The van der Waals surface area contributed by atoms with Gasteiger partial charge in [0.2, 0.25) is 5.91 Å². The Morgan fingerprint density at radius 3 is 2.52 bits per heavy atom. The zero-order valence-corrected chi connectivity index (χ0v) is 15.5. The maximum Gasteiger partial charge on any atom is 0.225 e. The van der Waals surface area contributed by atoms with Crippen LogP contribution in [0.2, 0.25) is 0 Å². The number of nitrogens with zero attached hydrogens (tertiary/aromatic N) is 1. The third kappa shape index (κ3) is 3.83. The third-order valence-electron chi connectivity index (χ3n) is 6.12. The van der Waals surface area contributed by atoms with Gasteiger partial charge in [0.05, 0.1) is 5.92 Å². The first-order chi connectivity index (χ1) is 13.0. The van der Waals surface area contributed by atoms with Crippen LogP contribution in [0, 0.1) is 5.82 Å². The number of piperidine rings is 1. The maximum atomic E-state index is 13.1. The number of halogens is 1. The Bertz CT molecular complexity index is 813. The number of primary amides is 1. The predicted molar refractivity (Wildman–Crippen MR) is 105 cm³/mol. The van der Waals surface area contributed by atoms with Crippen LogP contribution in [0.5, 0.6) is 0 Å². The number of nitrogens with one attached hydrogen (secondary N) is 1. The van der Waals surface area contributed by atoms with Crippen molar-refractivity contribution < 1.29 is 9.18 Å². The number of rotatable bonds is 3. The van der Waals surface area contributed by atoms with Crippen LogP contribution in [-0.4, -0.2) is 29.4 Å². The molecule has 0 aliphatic carbocycles. The topological polar surface area (TPSA) is 58.4 Å². The summed E-state index contributed by atoms with van der Waals surface area (Å²) in [5, 5.41) is 3.77. The van der Waals surface area contributed by atoms with Gasteiger partial charge >= 0.3 is 0 Å². The summed E-state index contributed by atoms with van der Waals surface area (Å²) in [6.45, 7) is 2.80. The van der Waals surface area contributed by atoms with Crippen LogP contribution in [0.15, 0.2) is 48.5 Å². The van der Waals surface area contributed by atoms with Crippen LogP contribution in [0.4, 0.5) is 10.1 Å². The van der Waals surface area contributed by atoms with E-state index >= 15 is 0 Å². The van der Waals surface area contributed by atoms with Gasteiger partial charge in [-0.1, -0.05) is 30.3 Å². The van der Waals surface area contributed by atoms with E-state index in [1.807, 2.05) is 30.3 Å². The average molecular weight is 367 g/mol. The first-order valence-electron chi connectivity index (χ1n) is 9.68. The van der Waals surface area contributed by atoms with Gasteiger partial charge in [-0.2, -0.15) is 0 Å². The number of hydrogen-bond donors (Lipinski definition) is 2. The number of likely N-dealkylation sites (tertiary alicyclic amines) is 1. The lowest BCUT2D eigenvalue weighted by Crippen LogP contribution is -2.48. The van der Waals surface area contributed by atoms with Gasteiger partial charge in [-0.3, -0.25) is 9.69 Å². The van der Waals surface area contributed by atoms with E-state index in [0.29, 0.717) is 0 Å². The van der Waals surface area contributed by atoms with Crippen molar-refractivity contribution in [1.82, 2.24) is 4.90 Å². The molecule has 1 saturated heterocycles. The zero-order chi connectivity index (χ0) is 18.9. The summed E-state index contributed by atoms with van der Waals surface area (Å²) in [4.78, 5) is 14.4. The van der Waals surface area contributed by atoms with E-state index in [1.165, 1.54) is 12.1 Å². The number of nitrogens with two attached hydrogens (primary N) is 1. The van der Waals surface area contributed by atoms with Crippen molar-refractivity contribution in [2.75, 3.05) is 18.4 Å². The number of carbonyl (C=O) groups excluding carboxylic acids is 1. The molecule has 2 aromatic carbocycles. The van der Waals surface area contributed by atoms with Gasteiger partial charge in [0, 0.05) is 30.9 Å². The lowest BCUT2D eigenvalue weighted by atomic mass is 9.81. The highest BCUT2D eigenvalue weighted by Crippen LogP contribution is 2.41. The molecule has 0 aromatic heterocycles. The van der Waals surface area contributed by atoms with Crippen LogP contribution < -0.4 is 11.1 Å². The summed E-state index contributed by atoms with van der Waals surface area (Å²) < 4.78 is 13.1. The number of carbonyl (C=O) groups is 1. The monoisotopic (exact) mass is 367 g/mol. The molecular formula is C22H26FN3O. The Hall–Kier alpha value is -2.40. The fraction of sp³-hybridized carbons (Fsp3) is 0.409. The summed E-state index contributed by atoms with van der Waals surface area (Å²) in [7, 11) is 0. The van der Waals surface area contributed by atoms with E-state index in [4.69, 9.17) is 5.73 Å². The van der Waals surface area contributed by atoms with Crippen molar-refractivity contribution in [3.8, 4) is 0 Å². The second-order valence-corrected chi connectivity index (χ2v) is 7.89. The molecular weight excluding hydrogens is 341 g/mol. The first-order valence-corrected chi connectivity index (χ1v) is 9.68. The molecule has 1 spiro atoms. The number of fused-ring (bicyclic) bond motifs is 1. The van der Waals surface area contributed by atoms with E-state index in [9.17, 15) is 9.18 Å². The molecule has 27 heavy (non-hydrogen) atoms. The normalized spacial score (nSPS) is 21.9. The molecule has 2 aliphatic rings. The molecule has 2 heterocycles. The highest BCUT2D eigenvalue weighted by Gasteiger charge is 2.39. The molecule has 1 atom stereocenters. The summed E-state index contributed by atoms with van der Waals surface area (Å²) >= 11 is 0. The fourth-order valence-electron chi connectivity index (χ4n) is 4.50. The van der Waals surface area contributed by atoms with E-state index < -0.39 is 0 Å². The van der Waals surface area contributed by atoms with Gasteiger partial charge < -0.3 is 11.1 Å². The molecule has 0 bridgehead atoms. The SMILES string of the molecule is NC(=O)[C@H]1CCC2(CCN(Cc3ccc(F)cc3)CC2)Nc2ccccc21. The van der Waals surface area contributed by atoms with Crippen LogP contribution >= 0.6 is 0 Å². The Morgan fingerprint density at radius 1 is 1.11 bits per heavy atom. The molecule has 3 N–H and O–H groups in total. The van der Waals surface area contributed by atoms with Crippen LogP contribution in [0.25, 0.3) is 0 Å². The molecule has 0 saturated carbocycles. The second-order valence-electron chi connectivity index (χ2n) is 7.89. The molecule has 1 fully saturated rings.